The molecular formula is C18H19ClN2O3. The maximum Gasteiger partial charge on any atom is 0.258 e. The van der Waals surface area contributed by atoms with Gasteiger partial charge in [0.2, 0.25) is 5.91 Å². The predicted octanol–water partition coefficient (Wildman–Crippen LogP) is 3.55. The van der Waals surface area contributed by atoms with Gasteiger partial charge in [0.25, 0.3) is 5.91 Å². The fourth-order valence-corrected chi connectivity index (χ4v) is 2.52. The Balaban J connectivity index is 1.94. The van der Waals surface area contributed by atoms with Crippen LogP contribution in [-0.4, -0.2) is 18.4 Å². The maximum absolute atomic E-state index is 12.1. The van der Waals surface area contributed by atoms with Gasteiger partial charge in [-0.05, 0) is 30.7 Å². The third kappa shape index (κ3) is 4.99. The lowest BCUT2D eigenvalue weighted by Gasteiger charge is -2.16. The van der Waals surface area contributed by atoms with Crippen LogP contribution in [0.4, 0.5) is 5.69 Å². The molecule has 0 saturated carbocycles. The summed E-state index contributed by atoms with van der Waals surface area (Å²) in [6, 6.07) is 14.0. The molecule has 0 aliphatic heterocycles. The summed E-state index contributed by atoms with van der Waals surface area (Å²) in [6.07, 6.45) is 0. The Morgan fingerprint density at radius 3 is 2.50 bits per heavy atom. The number of amides is 2. The van der Waals surface area contributed by atoms with E-state index in [0.29, 0.717) is 16.5 Å². The number of para-hydroxylation sites is 2. The van der Waals surface area contributed by atoms with Crippen molar-refractivity contribution in [2.45, 2.75) is 19.9 Å². The molecule has 0 bridgehead atoms. The van der Waals surface area contributed by atoms with Crippen LogP contribution in [0.3, 0.4) is 0 Å². The highest BCUT2D eigenvalue weighted by Gasteiger charge is 2.13. The molecule has 24 heavy (non-hydrogen) atoms. The summed E-state index contributed by atoms with van der Waals surface area (Å²) in [5, 5.41) is 6.09. The summed E-state index contributed by atoms with van der Waals surface area (Å²) >= 11 is 6.12. The van der Waals surface area contributed by atoms with Crippen LogP contribution in [0.1, 0.15) is 25.5 Å². The Hall–Kier alpha value is -2.53. The minimum atomic E-state index is -0.278. The van der Waals surface area contributed by atoms with Gasteiger partial charge in [0, 0.05) is 11.9 Å². The van der Waals surface area contributed by atoms with Crippen molar-refractivity contribution in [1.82, 2.24) is 5.32 Å². The molecule has 0 heterocycles. The number of carbonyl (C=O) groups is 2. The number of hydrogen-bond acceptors (Lipinski definition) is 3. The van der Waals surface area contributed by atoms with E-state index < -0.39 is 0 Å². The number of halogens is 1. The number of anilines is 1. The summed E-state index contributed by atoms with van der Waals surface area (Å²) in [5.74, 6) is -0.0452. The second kappa shape index (κ2) is 8.36. The van der Waals surface area contributed by atoms with Gasteiger partial charge in [-0.3, -0.25) is 9.59 Å². The molecule has 0 saturated heterocycles. The van der Waals surface area contributed by atoms with Gasteiger partial charge < -0.3 is 15.4 Å². The highest BCUT2D eigenvalue weighted by atomic mass is 35.5. The number of hydrogen-bond donors (Lipinski definition) is 2. The molecule has 2 aromatic carbocycles. The van der Waals surface area contributed by atoms with Crippen LogP contribution in [0.5, 0.6) is 5.75 Å². The van der Waals surface area contributed by atoms with Gasteiger partial charge in [-0.2, -0.15) is 0 Å². The molecule has 0 aromatic heterocycles. The molecule has 6 heteroatoms. The normalized spacial score (nSPS) is 11.5. The lowest BCUT2D eigenvalue weighted by atomic mass is 10.1. The maximum atomic E-state index is 12.1. The van der Waals surface area contributed by atoms with Crippen molar-refractivity contribution in [2.75, 3.05) is 11.9 Å². The fraction of sp³-hybridized carbons (Fsp3) is 0.222. The third-order valence-corrected chi connectivity index (χ3v) is 3.65. The third-order valence-electron chi connectivity index (χ3n) is 3.31. The molecule has 5 nitrogen and oxygen atoms in total. The molecule has 0 fully saturated rings. The second-order valence-corrected chi connectivity index (χ2v) is 5.68. The van der Waals surface area contributed by atoms with E-state index in [-0.39, 0.29) is 24.5 Å². The Kier molecular flexibility index (Phi) is 6.21. The summed E-state index contributed by atoms with van der Waals surface area (Å²) in [6.45, 7) is 3.10. The van der Waals surface area contributed by atoms with Crippen LogP contribution < -0.4 is 15.4 Å². The molecule has 0 spiro atoms. The first-order valence-corrected chi connectivity index (χ1v) is 7.88. The zero-order valence-corrected chi connectivity index (χ0v) is 14.3. The standard InChI is InChI=1S/C18H19ClN2O3/c1-12(14-7-3-4-8-15(14)19)20-18(23)11-24-17-10-6-5-9-16(17)21-13(2)22/h3-10,12H,11H2,1-2H3,(H,20,23)(H,21,22)/t12-/m1/s1. The van der Waals surface area contributed by atoms with Gasteiger partial charge in [-0.15, -0.1) is 0 Å². The van der Waals surface area contributed by atoms with E-state index in [1.165, 1.54) is 6.92 Å². The number of rotatable bonds is 6. The van der Waals surface area contributed by atoms with E-state index in [4.69, 9.17) is 16.3 Å². The average Bonchev–Trinajstić information content (AvgIpc) is 2.54. The first-order valence-electron chi connectivity index (χ1n) is 7.50. The summed E-state index contributed by atoms with van der Waals surface area (Å²) in [7, 11) is 0. The molecule has 0 unspecified atom stereocenters. The molecular weight excluding hydrogens is 328 g/mol. The SMILES string of the molecule is CC(=O)Nc1ccccc1OCC(=O)N[C@H](C)c1ccccc1Cl. The van der Waals surface area contributed by atoms with Crippen molar-refractivity contribution in [3.05, 3.63) is 59.1 Å². The Morgan fingerprint density at radius 1 is 1.12 bits per heavy atom. The first-order chi connectivity index (χ1) is 11.5. The number of carbonyl (C=O) groups excluding carboxylic acids is 2. The molecule has 0 aliphatic rings. The largest absolute Gasteiger partial charge is 0.482 e. The molecule has 0 aliphatic carbocycles. The Bertz CT molecular complexity index is 734. The molecule has 126 valence electrons. The first kappa shape index (κ1) is 17.8. The van der Waals surface area contributed by atoms with Crippen LogP contribution in [0.2, 0.25) is 5.02 Å². The topological polar surface area (TPSA) is 67.4 Å². The highest BCUT2D eigenvalue weighted by Crippen LogP contribution is 2.24. The van der Waals surface area contributed by atoms with Crippen molar-refractivity contribution in [3.63, 3.8) is 0 Å². The fourth-order valence-electron chi connectivity index (χ4n) is 2.22. The van der Waals surface area contributed by atoms with E-state index in [1.807, 2.05) is 25.1 Å². The van der Waals surface area contributed by atoms with E-state index in [1.54, 1.807) is 30.3 Å². The molecule has 0 radical (unpaired) electrons. The van der Waals surface area contributed by atoms with E-state index in [9.17, 15) is 9.59 Å². The van der Waals surface area contributed by atoms with Gasteiger partial charge in [-0.1, -0.05) is 41.9 Å². The molecule has 2 amide bonds. The van der Waals surface area contributed by atoms with E-state index >= 15 is 0 Å². The van der Waals surface area contributed by atoms with Gasteiger partial charge in [-0.25, -0.2) is 0 Å². The van der Waals surface area contributed by atoms with Crippen molar-refractivity contribution >= 4 is 29.1 Å². The van der Waals surface area contributed by atoms with Crippen LogP contribution in [-0.2, 0) is 9.59 Å². The molecule has 2 N–H and O–H groups in total. The molecule has 2 aromatic rings. The highest BCUT2D eigenvalue weighted by molar-refractivity contribution is 6.31. The monoisotopic (exact) mass is 346 g/mol. The minimum Gasteiger partial charge on any atom is -0.482 e. The van der Waals surface area contributed by atoms with Crippen molar-refractivity contribution in [3.8, 4) is 5.75 Å². The van der Waals surface area contributed by atoms with Gasteiger partial charge in [0.05, 0.1) is 11.7 Å². The Morgan fingerprint density at radius 2 is 1.79 bits per heavy atom. The average molecular weight is 347 g/mol. The van der Waals surface area contributed by atoms with E-state index in [2.05, 4.69) is 10.6 Å². The summed E-state index contributed by atoms with van der Waals surface area (Å²) in [4.78, 5) is 23.3. The van der Waals surface area contributed by atoms with Crippen molar-refractivity contribution in [1.29, 1.82) is 0 Å². The smallest absolute Gasteiger partial charge is 0.258 e. The number of nitrogens with one attached hydrogen (secondary N) is 2. The lowest BCUT2D eigenvalue weighted by molar-refractivity contribution is -0.123. The number of ether oxygens (including phenoxy) is 1. The summed E-state index contributed by atoms with van der Waals surface area (Å²) < 4.78 is 5.51. The zero-order valence-electron chi connectivity index (χ0n) is 13.5. The van der Waals surface area contributed by atoms with Gasteiger partial charge in [0.1, 0.15) is 5.75 Å². The van der Waals surface area contributed by atoms with Crippen LogP contribution in [0.25, 0.3) is 0 Å². The van der Waals surface area contributed by atoms with Gasteiger partial charge >= 0.3 is 0 Å². The molecule has 2 rings (SSSR count). The van der Waals surface area contributed by atoms with Crippen LogP contribution in [0, 0.1) is 0 Å². The predicted molar refractivity (Wildman–Crippen MR) is 94.3 cm³/mol. The summed E-state index contributed by atoms with van der Waals surface area (Å²) in [5.41, 5.74) is 1.36. The quantitative estimate of drug-likeness (QED) is 0.840. The zero-order chi connectivity index (χ0) is 17.5. The molecule has 1 atom stereocenters. The van der Waals surface area contributed by atoms with Crippen LogP contribution in [0.15, 0.2) is 48.5 Å². The minimum absolute atomic E-state index is 0.161. The van der Waals surface area contributed by atoms with E-state index in [0.717, 1.165) is 5.56 Å². The van der Waals surface area contributed by atoms with Crippen molar-refractivity contribution in [2.24, 2.45) is 0 Å². The van der Waals surface area contributed by atoms with Gasteiger partial charge in [0.15, 0.2) is 6.61 Å². The van der Waals surface area contributed by atoms with Crippen LogP contribution >= 0.6 is 11.6 Å². The van der Waals surface area contributed by atoms with Crippen molar-refractivity contribution < 1.29 is 14.3 Å². The Labute approximate surface area is 146 Å². The lowest BCUT2D eigenvalue weighted by Crippen LogP contribution is -2.31. The number of benzene rings is 2. The second-order valence-electron chi connectivity index (χ2n) is 5.28.